The Kier molecular flexibility index (Phi) is 77.0. The predicted octanol–water partition coefficient (Wildman–Crippen LogP) is 27.4. The number of carbonyl (C=O) groups excluding carboxylic acids is 2. The van der Waals surface area contributed by atoms with Crippen LogP contribution in [-0.4, -0.2) is 87.4 Å². The molecule has 0 aromatic heterocycles. The number of hydrogen-bond donors (Lipinski definition) is 1. The number of hydrogen-bond acceptors (Lipinski definition) is 7. The lowest BCUT2D eigenvalue weighted by molar-refractivity contribution is -0.870. The van der Waals surface area contributed by atoms with Gasteiger partial charge in [-0.2, -0.15) is 0 Å². The topological polar surface area (TPSA) is 108 Å². The molecular formula is C92H158NO8+. The maximum absolute atomic E-state index is 13.0. The second kappa shape index (κ2) is 80.8. The first-order valence-corrected chi connectivity index (χ1v) is 42.0. The lowest BCUT2D eigenvalue weighted by Crippen LogP contribution is -2.40. The Morgan fingerprint density at radius 2 is 0.564 bits per heavy atom. The number of unbranched alkanes of at least 4 members (excludes halogenated alkanes) is 38. The van der Waals surface area contributed by atoms with Crippen LogP contribution in [-0.2, 0) is 33.3 Å². The van der Waals surface area contributed by atoms with Crippen LogP contribution in [0, 0.1) is 0 Å². The van der Waals surface area contributed by atoms with Crippen molar-refractivity contribution >= 4 is 17.9 Å². The molecular weight excluding hydrogens is 1250 g/mol. The Morgan fingerprint density at radius 3 is 0.842 bits per heavy atom. The van der Waals surface area contributed by atoms with E-state index in [1.54, 1.807) is 0 Å². The molecule has 1 N–H and O–H groups in total. The highest BCUT2D eigenvalue weighted by Crippen LogP contribution is 2.19. The van der Waals surface area contributed by atoms with E-state index < -0.39 is 24.3 Å². The van der Waals surface area contributed by atoms with Gasteiger partial charge in [-0.05, 0) is 103 Å². The summed E-state index contributed by atoms with van der Waals surface area (Å²) in [6.07, 6.45) is 116. The molecule has 0 rings (SSSR count). The zero-order valence-corrected chi connectivity index (χ0v) is 66.3. The Morgan fingerprint density at radius 1 is 0.307 bits per heavy atom. The molecule has 0 aromatic rings. The summed E-state index contributed by atoms with van der Waals surface area (Å²) in [5.41, 5.74) is 0. The number of carbonyl (C=O) groups is 3. The van der Waals surface area contributed by atoms with Crippen molar-refractivity contribution < 1.29 is 42.9 Å². The van der Waals surface area contributed by atoms with Crippen molar-refractivity contribution in [2.24, 2.45) is 0 Å². The maximum atomic E-state index is 13.0. The first-order chi connectivity index (χ1) is 49.6. The smallest absolute Gasteiger partial charge is 0.361 e. The SMILES string of the molecule is CC/C=C\C/C=C\C/C=C\C/C=C\C/C=C\C/C=C\C/C=C\C/C=C\C/C=C\C/C=C\C/C=C\C/C=C\CCCCC(=O)OC(COC(=O)CCCCCCCCCCCCCCCCCCCCCCCCCCCCCCCCCCCCCCC)COC(OCC[N+](C)(C)C)C(=O)O. The van der Waals surface area contributed by atoms with Gasteiger partial charge in [0.15, 0.2) is 6.10 Å². The summed E-state index contributed by atoms with van der Waals surface area (Å²) in [6.45, 7) is 4.74. The van der Waals surface area contributed by atoms with Gasteiger partial charge in [0.2, 0.25) is 0 Å². The number of ether oxygens (including phenoxy) is 4. The number of esters is 2. The average Bonchev–Trinajstić information content (AvgIpc) is 1.21. The van der Waals surface area contributed by atoms with Crippen molar-refractivity contribution in [3.8, 4) is 0 Å². The molecule has 0 bridgehead atoms. The number of carboxylic acid groups (broad SMARTS) is 1. The fourth-order valence-electron chi connectivity index (χ4n) is 11.8. The van der Waals surface area contributed by atoms with Crippen molar-refractivity contribution in [1.29, 1.82) is 0 Å². The Bertz CT molecular complexity index is 2180. The van der Waals surface area contributed by atoms with E-state index in [1.165, 1.54) is 218 Å². The molecule has 0 heterocycles. The van der Waals surface area contributed by atoms with E-state index in [-0.39, 0.29) is 38.6 Å². The molecule has 0 radical (unpaired) electrons. The number of allylic oxidation sites excluding steroid dienone is 24. The largest absolute Gasteiger partial charge is 0.477 e. The van der Waals surface area contributed by atoms with Crippen LogP contribution in [0.4, 0.5) is 0 Å². The van der Waals surface area contributed by atoms with Crippen LogP contribution in [0.3, 0.4) is 0 Å². The molecule has 0 spiro atoms. The first-order valence-electron chi connectivity index (χ1n) is 42.0. The monoisotopic (exact) mass is 1410 g/mol. The fourth-order valence-corrected chi connectivity index (χ4v) is 11.8. The molecule has 0 aliphatic heterocycles. The predicted molar refractivity (Wildman–Crippen MR) is 437 cm³/mol. The molecule has 0 saturated carbocycles. The van der Waals surface area contributed by atoms with Crippen molar-refractivity contribution in [2.45, 2.75) is 373 Å². The lowest BCUT2D eigenvalue weighted by Gasteiger charge is -2.25. The third-order valence-corrected chi connectivity index (χ3v) is 18.1. The third kappa shape index (κ3) is 82.3. The van der Waals surface area contributed by atoms with Gasteiger partial charge in [0.05, 0.1) is 34.4 Å². The third-order valence-electron chi connectivity index (χ3n) is 18.1. The number of nitrogens with zero attached hydrogens (tertiary/aromatic N) is 1. The van der Waals surface area contributed by atoms with Gasteiger partial charge in [0.25, 0.3) is 6.29 Å². The molecule has 0 aliphatic carbocycles. The molecule has 9 heteroatoms. The summed E-state index contributed by atoms with van der Waals surface area (Å²) < 4.78 is 23.0. The van der Waals surface area contributed by atoms with E-state index in [0.717, 1.165) is 109 Å². The second-order valence-corrected chi connectivity index (χ2v) is 29.1. The number of carboxylic acids is 1. The number of aliphatic carboxylic acids is 1. The van der Waals surface area contributed by atoms with Gasteiger partial charge in [-0.1, -0.05) is 391 Å². The van der Waals surface area contributed by atoms with Gasteiger partial charge >= 0.3 is 17.9 Å². The molecule has 0 aliphatic rings. The minimum absolute atomic E-state index is 0.173. The fraction of sp³-hybridized carbons (Fsp3) is 0.707. The molecule has 578 valence electrons. The first kappa shape index (κ1) is 96.2. The van der Waals surface area contributed by atoms with E-state index in [2.05, 4.69) is 160 Å². The quantitative estimate of drug-likeness (QED) is 0.0211. The number of rotatable bonds is 77. The van der Waals surface area contributed by atoms with Crippen LogP contribution in [0.25, 0.3) is 0 Å². The van der Waals surface area contributed by atoms with E-state index >= 15 is 0 Å². The van der Waals surface area contributed by atoms with Gasteiger partial charge < -0.3 is 28.5 Å². The molecule has 101 heavy (non-hydrogen) atoms. The minimum atomic E-state index is -1.53. The molecule has 0 aromatic carbocycles. The van der Waals surface area contributed by atoms with Crippen LogP contribution in [0.2, 0.25) is 0 Å². The van der Waals surface area contributed by atoms with E-state index in [0.29, 0.717) is 17.4 Å². The van der Waals surface area contributed by atoms with Gasteiger partial charge in [-0.25, -0.2) is 4.79 Å². The highest BCUT2D eigenvalue weighted by atomic mass is 16.7. The summed E-state index contributed by atoms with van der Waals surface area (Å²) in [6, 6.07) is 0. The highest BCUT2D eigenvalue weighted by molar-refractivity contribution is 5.71. The van der Waals surface area contributed by atoms with E-state index in [9.17, 15) is 19.5 Å². The number of quaternary nitrogens is 1. The van der Waals surface area contributed by atoms with Crippen LogP contribution < -0.4 is 0 Å². The highest BCUT2D eigenvalue weighted by Gasteiger charge is 2.25. The van der Waals surface area contributed by atoms with Gasteiger partial charge in [0.1, 0.15) is 13.2 Å². The van der Waals surface area contributed by atoms with Gasteiger partial charge in [0, 0.05) is 12.8 Å². The molecule has 0 fully saturated rings. The van der Waals surface area contributed by atoms with Crippen molar-refractivity contribution in [2.75, 3.05) is 47.5 Å². The lowest BCUT2D eigenvalue weighted by atomic mass is 10.0. The van der Waals surface area contributed by atoms with Crippen LogP contribution in [0.15, 0.2) is 146 Å². The normalized spacial score (nSPS) is 13.4. The van der Waals surface area contributed by atoms with Crippen LogP contribution in [0.5, 0.6) is 0 Å². The van der Waals surface area contributed by atoms with Gasteiger partial charge in [-0.15, -0.1) is 0 Å². The van der Waals surface area contributed by atoms with E-state index in [1.807, 2.05) is 21.1 Å². The van der Waals surface area contributed by atoms with Crippen LogP contribution in [0.1, 0.15) is 361 Å². The maximum Gasteiger partial charge on any atom is 0.361 e. The Labute approximate surface area is 623 Å². The Hall–Kier alpha value is -4.83. The second-order valence-electron chi connectivity index (χ2n) is 29.1. The average molecular weight is 1410 g/mol. The van der Waals surface area contributed by atoms with E-state index in [4.69, 9.17) is 18.9 Å². The molecule has 9 nitrogen and oxygen atoms in total. The summed E-state index contributed by atoms with van der Waals surface area (Å²) in [7, 11) is 5.97. The zero-order valence-electron chi connectivity index (χ0n) is 66.3. The molecule has 2 atom stereocenters. The van der Waals surface area contributed by atoms with Crippen molar-refractivity contribution in [3.63, 3.8) is 0 Å². The summed E-state index contributed by atoms with van der Waals surface area (Å²) in [4.78, 5) is 37.7. The van der Waals surface area contributed by atoms with Crippen LogP contribution >= 0.6 is 0 Å². The molecule has 0 saturated heterocycles. The van der Waals surface area contributed by atoms with Crippen molar-refractivity contribution in [3.05, 3.63) is 146 Å². The summed E-state index contributed by atoms with van der Waals surface area (Å²) in [5.74, 6) is -2.06. The summed E-state index contributed by atoms with van der Waals surface area (Å²) in [5, 5.41) is 9.78. The minimum Gasteiger partial charge on any atom is -0.477 e. The van der Waals surface area contributed by atoms with Crippen molar-refractivity contribution in [1.82, 2.24) is 0 Å². The van der Waals surface area contributed by atoms with Gasteiger partial charge in [-0.3, -0.25) is 9.59 Å². The standard InChI is InChI=1S/C92H157NO8/c1-6-8-10-12-14-16-18-20-22-24-26-28-30-32-34-36-38-40-42-44-45-47-49-51-53-55-57-59-61-63-65-67-69-71-73-75-77-79-81-83-90(95)101-88(87-100-92(91(96)97)98-85-84-93(3,4)5)86-99-89(94)82-80-78-76-74-72-70-68-66-64-62-60-58-56-54-52-50-48-46-43-41-39-37-35-33-31-29-27-25-23-21-19-17-15-13-11-9-7-2/h8,10,14,16,20,22,26,28,32,34,38,40,44-45,49,51,55,57,61,63,67,69,73,75,88,92H,6-7,9,11-13,15,17-19,21,23-25,27,29-31,33,35-37,39,41-43,46-48,50,52-54,56,58-60,62,64-66,68,70-72,74,76-87H2,1-5H3/p+1/b10-8-,16-14-,22-20-,28-26-,34-32-,40-38-,45-44-,51-49-,57-55-,63-61-,69-67-,75-73-. The Balaban J connectivity index is 4.11. The zero-order chi connectivity index (χ0) is 73.2. The number of likely N-dealkylation sites (N-methyl/N-ethyl adjacent to an activating group) is 1. The summed E-state index contributed by atoms with van der Waals surface area (Å²) >= 11 is 0. The molecule has 2 unspecified atom stereocenters. The molecule has 0 amide bonds.